The molecule has 11 heteroatoms. The first-order valence-electron chi connectivity index (χ1n) is 10.8. The quantitative estimate of drug-likeness (QED) is 0.348. The smallest absolute Gasteiger partial charge is 0.303 e. The highest BCUT2D eigenvalue weighted by Crippen LogP contribution is 2.20. The van der Waals surface area contributed by atoms with E-state index in [1.165, 1.54) is 0 Å². The zero-order chi connectivity index (χ0) is 25.8. The fourth-order valence-corrected chi connectivity index (χ4v) is 3.14. The van der Waals surface area contributed by atoms with E-state index in [-0.39, 0.29) is 0 Å². The van der Waals surface area contributed by atoms with Crippen LogP contribution in [0.3, 0.4) is 0 Å². The molecule has 0 aliphatic rings. The Morgan fingerprint density at radius 3 is 1.76 bits per heavy atom. The molecule has 188 valence electrons. The normalized spacial score (nSPS) is 13.0. The number of benzene rings is 1. The van der Waals surface area contributed by atoms with E-state index >= 15 is 0 Å². The minimum Gasteiger partial charge on any atom is -0.462 e. The summed E-state index contributed by atoms with van der Waals surface area (Å²) in [5.74, 6) is -4.00. The predicted octanol–water partition coefficient (Wildman–Crippen LogP) is 1.83. The first-order chi connectivity index (χ1) is 16.0. The number of ether oxygens (including phenoxy) is 4. The second-order valence-electron chi connectivity index (χ2n) is 7.26. The first-order valence-corrected chi connectivity index (χ1v) is 10.8. The summed E-state index contributed by atoms with van der Waals surface area (Å²) in [6.45, 7) is 9.47. The average Bonchev–Trinajstić information content (AvgIpc) is 2.75. The second-order valence-corrected chi connectivity index (χ2v) is 7.26. The molecule has 0 heterocycles. The van der Waals surface area contributed by atoms with E-state index in [9.17, 15) is 24.0 Å². The fourth-order valence-electron chi connectivity index (χ4n) is 3.14. The van der Waals surface area contributed by atoms with E-state index in [2.05, 4.69) is 10.2 Å². The lowest BCUT2D eigenvalue weighted by atomic mass is 10.1. The maximum Gasteiger partial charge on any atom is 0.303 e. The summed E-state index contributed by atoms with van der Waals surface area (Å²) in [5, 5.41) is 2.60. The van der Waals surface area contributed by atoms with Crippen LogP contribution in [0, 0.1) is 0 Å². The molecule has 1 aromatic carbocycles. The number of anilines is 2. The summed E-state index contributed by atoms with van der Waals surface area (Å²) in [4.78, 5) is 61.6. The Morgan fingerprint density at radius 1 is 0.794 bits per heavy atom. The van der Waals surface area contributed by atoms with Crippen LogP contribution in [0.5, 0.6) is 0 Å². The molecule has 0 saturated heterocycles. The molecule has 3 atom stereocenters. The molecule has 0 aliphatic carbocycles. The lowest BCUT2D eigenvalue weighted by Crippen LogP contribution is -2.52. The topological polar surface area (TPSA) is 138 Å². The molecule has 1 aromatic rings. The molecule has 0 aromatic heterocycles. The van der Waals surface area contributed by atoms with Crippen molar-refractivity contribution in [2.75, 3.05) is 29.9 Å². The highest BCUT2D eigenvalue weighted by Gasteiger charge is 2.42. The van der Waals surface area contributed by atoms with E-state index in [0.29, 0.717) is 5.69 Å². The molecule has 1 amide bonds. The summed E-state index contributed by atoms with van der Waals surface area (Å²) in [7, 11) is 0. The van der Waals surface area contributed by atoms with Crippen LogP contribution in [-0.2, 0) is 42.9 Å². The molecule has 0 spiro atoms. The van der Waals surface area contributed by atoms with Gasteiger partial charge in [-0.2, -0.15) is 0 Å². The minimum atomic E-state index is -1.70. The summed E-state index contributed by atoms with van der Waals surface area (Å²) in [5.41, 5.74) is 1.34. The van der Waals surface area contributed by atoms with Crippen molar-refractivity contribution in [3.63, 3.8) is 0 Å². The molecule has 0 unspecified atom stereocenters. The third kappa shape index (κ3) is 9.47. The molecule has 34 heavy (non-hydrogen) atoms. The standard InChI is InChI=1S/C23H32N2O9/c1-7-25(8-2)19-11-9-18(10-12-19)24-23(30)22(34-17(6)29)21(33-16(5)28)20(32-15(4)27)13-31-14(3)26/h9-12,20-22H,7-8,13H2,1-6H3,(H,24,30)/t20-,21-,22-/m0/s1. The summed E-state index contributed by atoms with van der Waals surface area (Å²) in [6.07, 6.45) is -4.70. The van der Waals surface area contributed by atoms with E-state index in [1.54, 1.807) is 12.1 Å². The van der Waals surface area contributed by atoms with Gasteiger partial charge < -0.3 is 29.2 Å². The third-order valence-corrected chi connectivity index (χ3v) is 4.55. The Hall–Kier alpha value is -3.63. The van der Waals surface area contributed by atoms with Crippen molar-refractivity contribution in [2.45, 2.75) is 59.9 Å². The molecule has 0 aliphatic heterocycles. The number of hydrogen-bond acceptors (Lipinski definition) is 10. The Bertz CT molecular complexity index is 866. The number of rotatable bonds is 12. The molecule has 1 N–H and O–H groups in total. The van der Waals surface area contributed by atoms with Crippen molar-refractivity contribution < 1.29 is 42.9 Å². The molecule has 11 nitrogen and oxygen atoms in total. The second kappa shape index (κ2) is 13.8. The van der Waals surface area contributed by atoms with E-state index < -0.39 is 54.7 Å². The highest BCUT2D eigenvalue weighted by atomic mass is 16.6. The van der Waals surface area contributed by atoms with Gasteiger partial charge in [0.2, 0.25) is 6.10 Å². The van der Waals surface area contributed by atoms with Gasteiger partial charge in [-0.1, -0.05) is 0 Å². The number of carbonyl (C=O) groups excluding carboxylic acids is 5. The van der Waals surface area contributed by atoms with Crippen LogP contribution >= 0.6 is 0 Å². The highest BCUT2D eigenvalue weighted by molar-refractivity contribution is 5.96. The van der Waals surface area contributed by atoms with E-state index in [0.717, 1.165) is 46.5 Å². The SMILES string of the molecule is CCN(CC)c1ccc(NC(=O)[C@@H](OC(C)=O)[C@@H](OC(C)=O)[C@H](COC(C)=O)OC(C)=O)cc1. The number of nitrogens with zero attached hydrogens (tertiary/aromatic N) is 1. The van der Waals surface area contributed by atoms with Gasteiger partial charge >= 0.3 is 23.9 Å². The fraction of sp³-hybridized carbons (Fsp3) is 0.522. The maximum absolute atomic E-state index is 13.1. The van der Waals surface area contributed by atoms with Gasteiger partial charge in [-0.15, -0.1) is 0 Å². The number of esters is 4. The molecule has 0 fully saturated rings. The first kappa shape index (κ1) is 28.4. The van der Waals surface area contributed by atoms with Crippen molar-refractivity contribution in [3.05, 3.63) is 24.3 Å². The molecule has 0 bridgehead atoms. The van der Waals surface area contributed by atoms with Gasteiger partial charge in [-0.3, -0.25) is 24.0 Å². The maximum atomic E-state index is 13.1. The van der Waals surface area contributed by atoms with Gasteiger partial charge in [0.1, 0.15) is 6.61 Å². The van der Waals surface area contributed by atoms with Crippen molar-refractivity contribution in [1.29, 1.82) is 0 Å². The zero-order valence-electron chi connectivity index (χ0n) is 20.3. The molecule has 1 rings (SSSR count). The number of amides is 1. The van der Waals surface area contributed by atoms with Crippen LogP contribution in [0.4, 0.5) is 11.4 Å². The monoisotopic (exact) mass is 480 g/mol. The van der Waals surface area contributed by atoms with Gasteiger partial charge in [-0.05, 0) is 38.1 Å². The van der Waals surface area contributed by atoms with Gasteiger partial charge in [0.05, 0.1) is 0 Å². The van der Waals surface area contributed by atoms with Gasteiger partial charge in [0, 0.05) is 52.2 Å². The Labute approximate surface area is 198 Å². The number of hydrogen-bond donors (Lipinski definition) is 1. The lowest BCUT2D eigenvalue weighted by Gasteiger charge is -2.30. The third-order valence-electron chi connectivity index (χ3n) is 4.55. The average molecular weight is 481 g/mol. The van der Waals surface area contributed by atoms with Crippen LogP contribution in [-0.4, -0.2) is 67.8 Å². The van der Waals surface area contributed by atoms with Crippen LogP contribution in [0.2, 0.25) is 0 Å². The predicted molar refractivity (Wildman–Crippen MR) is 122 cm³/mol. The largest absolute Gasteiger partial charge is 0.462 e. The summed E-state index contributed by atoms with van der Waals surface area (Å²) >= 11 is 0. The summed E-state index contributed by atoms with van der Waals surface area (Å²) < 4.78 is 20.4. The molecule has 0 radical (unpaired) electrons. The number of carbonyl (C=O) groups is 5. The zero-order valence-corrected chi connectivity index (χ0v) is 20.3. The minimum absolute atomic E-state index is 0.392. The van der Waals surface area contributed by atoms with E-state index in [1.807, 2.05) is 26.0 Å². The molecular weight excluding hydrogens is 448 g/mol. The van der Waals surface area contributed by atoms with Crippen LogP contribution in [0.1, 0.15) is 41.5 Å². The van der Waals surface area contributed by atoms with Crippen LogP contribution in [0.15, 0.2) is 24.3 Å². The van der Waals surface area contributed by atoms with Gasteiger partial charge in [-0.25, -0.2) is 0 Å². The Morgan fingerprint density at radius 2 is 1.32 bits per heavy atom. The van der Waals surface area contributed by atoms with Crippen LogP contribution < -0.4 is 10.2 Å². The van der Waals surface area contributed by atoms with Crippen molar-refractivity contribution >= 4 is 41.2 Å². The number of nitrogens with one attached hydrogen (secondary N) is 1. The van der Waals surface area contributed by atoms with E-state index in [4.69, 9.17) is 18.9 Å². The Kier molecular flexibility index (Phi) is 11.5. The summed E-state index contributed by atoms with van der Waals surface area (Å²) in [6, 6.07) is 6.96. The Balaban J connectivity index is 3.25. The van der Waals surface area contributed by atoms with Crippen molar-refractivity contribution in [1.82, 2.24) is 0 Å². The van der Waals surface area contributed by atoms with Crippen molar-refractivity contribution in [3.8, 4) is 0 Å². The van der Waals surface area contributed by atoms with Gasteiger partial charge in [0.25, 0.3) is 5.91 Å². The van der Waals surface area contributed by atoms with Gasteiger partial charge in [0.15, 0.2) is 12.2 Å². The lowest BCUT2D eigenvalue weighted by molar-refractivity contribution is -0.190. The van der Waals surface area contributed by atoms with Crippen LogP contribution in [0.25, 0.3) is 0 Å². The molecule has 0 saturated carbocycles. The molecular formula is C23H32N2O9. The van der Waals surface area contributed by atoms with Crippen molar-refractivity contribution in [2.24, 2.45) is 0 Å².